The van der Waals surface area contributed by atoms with Gasteiger partial charge < -0.3 is 14.8 Å². The highest BCUT2D eigenvalue weighted by atomic mass is 16.6. The van der Waals surface area contributed by atoms with E-state index >= 15 is 0 Å². The van der Waals surface area contributed by atoms with Crippen LogP contribution in [0.5, 0.6) is 0 Å². The lowest BCUT2D eigenvalue weighted by molar-refractivity contribution is 0.0458. The maximum atomic E-state index is 11.3. The lowest BCUT2D eigenvalue weighted by atomic mass is 10.2. The normalized spacial score (nSPS) is 12.5. The van der Waals surface area contributed by atoms with E-state index in [1.807, 2.05) is 0 Å². The zero-order valence-corrected chi connectivity index (χ0v) is 10.8. The molecule has 0 aromatic heterocycles. The fourth-order valence-corrected chi connectivity index (χ4v) is 0.961. The smallest absolute Gasteiger partial charge is 0.407 e. The van der Waals surface area contributed by atoms with Gasteiger partial charge in [-0.2, -0.15) is 0 Å². The van der Waals surface area contributed by atoms with E-state index in [9.17, 15) is 4.79 Å². The molecule has 1 N–H and O–H groups in total. The molecule has 0 saturated heterocycles. The molecule has 0 rings (SSSR count). The summed E-state index contributed by atoms with van der Waals surface area (Å²) in [4.78, 5) is 13.9. The van der Waals surface area contributed by atoms with Gasteiger partial charge in [0.15, 0.2) is 0 Å². The third kappa shape index (κ3) is 10.8. The molecule has 0 saturated carbocycles. The number of azide groups is 1. The van der Waals surface area contributed by atoms with Gasteiger partial charge in [-0.25, -0.2) is 4.79 Å². The topological polar surface area (TPSA) is 96.3 Å². The second-order valence-electron chi connectivity index (χ2n) is 4.58. The summed E-state index contributed by atoms with van der Waals surface area (Å²) in [6, 6.07) is -0.157. The fraction of sp³-hybridized carbons (Fsp3) is 0.900. The van der Waals surface area contributed by atoms with Crippen molar-refractivity contribution >= 4 is 6.09 Å². The summed E-state index contributed by atoms with van der Waals surface area (Å²) < 4.78 is 10.3. The first-order chi connectivity index (χ1) is 7.85. The molecule has 0 aliphatic carbocycles. The monoisotopic (exact) mass is 244 g/mol. The number of carbonyl (C=O) groups excluding carboxylic acids is 1. The Kier molecular flexibility index (Phi) is 7.09. The average Bonchev–Trinajstić information content (AvgIpc) is 2.14. The van der Waals surface area contributed by atoms with E-state index in [0.717, 1.165) is 0 Å². The van der Waals surface area contributed by atoms with E-state index < -0.39 is 11.7 Å². The molecule has 7 nitrogen and oxygen atoms in total. The molecule has 0 heterocycles. The highest BCUT2D eigenvalue weighted by Gasteiger charge is 2.17. The summed E-state index contributed by atoms with van der Waals surface area (Å²) in [7, 11) is 0. The molecule has 0 spiro atoms. The third-order valence-electron chi connectivity index (χ3n) is 1.53. The van der Waals surface area contributed by atoms with Crippen LogP contribution in [0.1, 0.15) is 27.7 Å². The predicted molar refractivity (Wildman–Crippen MR) is 63.7 cm³/mol. The number of carbonyl (C=O) groups is 1. The number of nitrogens with one attached hydrogen (secondary N) is 1. The number of hydrogen-bond acceptors (Lipinski definition) is 4. The molecule has 0 fully saturated rings. The van der Waals surface area contributed by atoms with E-state index in [1.165, 1.54) is 0 Å². The number of amides is 1. The molecular formula is C10H20N4O3. The van der Waals surface area contributed by atoms with Gasteiger partial charge in [0.2, 0.25) is 0 Å². The maximum absolute atomic E-state index is 11.3. The minimum atomic E-state index is -0.508. The van der Waals surface area contributed by atoms with Gasteiger partial charge in [0.1, 0.15) is 5.60 Å². The Labute approximate surface area is 101 Å². The number of alkyl carbamates (subject to hydrolysis) is 1. The molecule has 0 bridgehead atoms. The molecule has 0 aromatic carbocycles. The Morgan fingerprint density at radius 1 is 1.53 bits per heavy atom. The third-order valence-corrected chi connectivity index (χ3v) is 1.53. The Morgan fingerprint density at radius 3 is 2.71 bits per heavy atom. The summed E-state index contributed by atoms with van der Waals surface area (Å²) in [6.07, 6.45) is -0.469. The minimum absolute atomic E-state index is 0.157. The van der Waals surface area contributed by atoms with Crippen LogP contribution in [0.2, 0.25) is 0 Å². The lowest BCUT2D eigenvalue weighted by Gasteiger charge is -2.21. The highest BCUT2D eigenvalue weighted by Crippen LogP contribution is 2.06. The van der Waals surface area contributed by atoms with Crippen molar-refractivity contribution in [2.45, 2.75) is 39.3 Å². The van der Waals surface area contributed by atoms with Crippen molar-refractivity contribution < 1.29 is 14.3 Å². The molecule has 98 valence electrons. The van der Waals surface area contributed by atoms with Gasteiger partial charge >= 0.3 is 6.09 Å². The molecular weight excluding hydrogens is 224 g/mol. The van der Waals surface area contributed by atoms with Crippen LogP contribution in [0.4, 0.5) is 4.79 Å². The second kappa shape index (κ2) is 7.76. The molecule has 0 aliphatic rings. The molecule has 1 amide bonds. The first-order valence-corrected chi connectivity index (χ1v) is 5.43. The van der Waals surface area contributed by atoms with Gasteiger partial charge in [-0.3, -0.25) is 0 Å². The first-order valence-electron chi connectivity index (χ1n) is 5.43. The molecule has 17 heavy (non-hydrogen) atoms. The quantitative estimate of drug-likeness (QED) is 0.336. The van der Waals surface area contributed by atoms with Gasteiger partial charge in [0, 0.05) is 11.5 Å². The van der Waals surface area contributed by atoms with Crippen LogP contribution in [0.15, 0.2) is 5.11 Å². The number of hydrogen-bond donors (Lipinski definition) is 1. The van der Waals surface area contributed by atoms with Crippen LogP contribution >= 0.6 is 0 Å². The Hall–Kier alpha value is -1.46. The van der Waals surface area contributed by atoms with Gasteiger partial charge in [-0.05, 0) is 33.2 Å². The molecule has 1 atom stereocenters. The standard InChI is InChI=1S/C10H20N4O3/c1-8(7-16-6-5-12-14-11)13-9(15)17-10(2,3)4/h8H,5-7H2,1-4H3,(H,13,15)/t8-/m0/s1. The molecule has 0 unspecified atom stereocenters. The summed E-state index contributed by atoms with van der Waals surface area (Å²) in [5.41, 5.74) is 7.52. The molecule has 0 radical (unpaired) electrons. The highest BCUT2D eigenvalue weighted by molar-refractivity contribution is 5.68. The summed E-state index contributed by atoms with van der Waals surface area (Å²) >= 11 is 0. The first kappa shape index (κ1) is 15.5. The lowest BCUT2D eigenvalue weighted by Crippen LogP contribution is -2.39. The van der Waals surface area contributed by atoms with Crippen LogP contribution in [0, 0.1) is 0 Å². The van der Waals surface area contributed by atoms with Gasteiger partial charge in [0.05, 0.1) is 19.3 Å². The summed E-state index contributed by atoms with van der Waals surface area (Å²) in [5.74, 6) is 0. The number of rotatable bonds is 6. The van der Waals surface area contributed by atoms with Gasteiger partial charge in [0.25, 0.3) is 0 Å². The minimum Gasteiger partial charge on any atom is -0.444 e. The van der Waals surface area contributed by atoms with Crippen LogP contribution < -0.4 is 5.32 Å². The maximum Gasteiger partial charge on any atom is 0.407 e. The van der Waals surface area contributed by atoms with Crippen LogP contribution in [0.25, 0.3) is 10.4 Å². The zero-order chi connectivity index (χ0) is 13.3. The van der Waals surface area contributed by atoms with Gasteiger partial charge in [-0.1, -0.05) is 5.11 Å². The Morgan fingerprint density at radius 2 is 2.18 bits per heavy atom. The van der Waals surface area contributed by atoms with Gasteiger partial charge in [-0.15, -0.1) is 0 Å². The van der Waals surface area contributed by atoms with Crippen molar-refractivity contribution in [3.8, 4) is 0 Å². The predicted octanol–water partition coefficient (Wildman–Crippen LogP) is 2.23. The van der Waals surface area contributed by atoms with Crippen molar-refractivity contribution in [2.75, 3.05) is 19.8 Å². The van der Waals surface area contributed by atoms with E-state index in [-0.39, 0.29) is 12.6 Å². The SMILES string of the molecule is C[C@@H](COCCN=[N+]=[N-])NC(=O)OC(C)(C)C. The summed E-state index contributed by atoms with van der Waals surface area (Å²) in [6.45, 7) is 8.17. The van der Waals surface area contributed by atoms with Crippen molar-refractivity contribution in [1.29, 1.82) is 0 Å². The number of ether oxygens (including phenoxy) is 2. The Bertz CT molecular complexity index is 282. The van der Waals surface area contributed by atoms with Crippen LogP contribution in [-0.2, 0) is 9.47 Å². The van der Waals surface area contributed by atoms with E-state index in [4.69, 9.17) is 15.0 Å². The molecule has 0 aliphatic heterocycles. The Balaban J connectivity index is 3.67. The fourth-order valence-electron chi connectivity index (χ4n) is 0.961. The van der Waals surface area contributed by atoms with E-state index in [2.05, 4.69) is 15.3 Å². The largest absolute Gasteiger partial charge is 0.444 e. The van der Waals surface area contributed by atoms with Crippen LogP contribution in [-0.4, -0.2) is 37.5 Å². The molecule has 0 aromatic rings. The summed E-state index contributed by atoms with van der Waals surface area (Å²) in [5, 5.41) is 5.96. The number of nitrogens with zero attached hydrogens (tertiary/aromatic N) is 3. The van der Waals surface area contributed by atoms with E-state index in [1.54, 1.807) is 27.7 Å². The van der Waals surface area contributed by atoms with E-state index in [0.29, 0.717) is 13.2 Å². The zero-order valence-electron chi connectivity index (χ0n) is 10.8. The molecule has 7 heteroatoms. The van der Waals surface area contributed by atoms with Crippen molar-refractivity contribution in [3.63, 3.8) is 0 Å². The van der Waals surface area contributed by atoms with Crippen molar-refractivity contribution in [2.24, 2.45) is 5.11 Å². The van der Waals surface area contributed by atoms with Crippen molar-refractivity contribution in [1.82, 2.24) is 5.32 Å². The average molecular weight is 244 g/mol. The van der Waals surface area contributed by atoms with Crippen molar-refractivity contribution in [3.05, 3.63) is 10.4 Å². The van der Waals surface area contributed by atoms with Crippen LogP contribution in [0.3, 0.4) is 0 Å². The second-order valence-corrected chi connectivity index (χ2v) is 4.58.